The van der Waals surface area contributed by atoms with Gasteiger partial charge in [-0.3, -0.25) is 4.90 Å². The minimum Gasteiger partial charge on any atom is -0.426 e. The van der Waals surface area contributed by atoms with E-state index in [2.05, 4.69) is 9.47 Å². The average Bonchev–Trinajstić information content (AvgIpc) is 2.76. The number of halogens is 9. The number of benzene rings is 1. The Morgan fingerprint density at radius 3 is 2.16 bits per heavy atom. The van der Waals surface area contributed by atoms with Crippen LogP contribution in [-0.2, 0) is 16.0 Å². The molecular weight excluding hydrogens is 529 g/mol. The maximum atomic E-state index is 13.1. The molecule has 1 atom stereocenters. The third-order valence-electron chi connectivity index (χ3n) is 5.81. The van der Waals surface area contributed by atoms with Crippen molar-refractivity contribution < 1.29 is 58.5 Å². The highest BCUT2D eigenvalue weighted by Crippen LogP contribution is 2.36. The fourth-order valence-corrected chi connectivity index (χ4v) is 4.09. The second-order valence-corrected chi connectivity index (χ2v) is 8.56. The number of hydrogen-bond donors (Lipinski definition) is 0. The van der Waals surface area contributed by atoms with Gasteiger partial charge >= 0.3 is 24.8 Å². The van der Waals surface area contributed by atoms with E-state index in [4.69, 9.17) is 4.74 Å². The average molecular weight is 553 g/mol. The van der Waals surface area contributed by atoms with E-state index in [9.17, 15) is 44.3 Å². The van der Waals surface area contributed by atoms with Crippen LogP contribution >= 0.6 is 0 Å². The van der Waals surface area contributed by atoms with Crippen LogP contribution in [-0.4, -0.2) is 92.7 Å². The Balaban J connectivity index is 1.69. The maximum absolute atomic E-state index is 13.1. The number of rotatable bonds is 5. The lowest BCUT2D eigenvalue weighted by Crippen LogP contribution is -2.56. The fraction of sp³-hybridized carbons (Fsp3) is 0.667. The minimum absolute atomic E-state index is 0.0428. The van der Waals surface area contributed by atoms with Crippen molar-refractivity contribution in [3.63, 3.8) is 0 Å². The van der Waals surface area contributed by atoms with Gasteiger partial charge in [0.15, 0.2) is 0 Å². The number of piperazine rings is 1. The van der Waals surface area contributed by atoms with Gasteiger partial charge in [0.05, 0.1) is 13.2 Å². The Labute approximate surface area is 205 Å². The first kappa shape index (κ1) is 28.9. The van der Waals surface area contributed by atoms with E-state index in [1.807, 2.05) is 4.90 Å². The summed E-state index contributed by atoms with van der Waals surface area (Å²) in [6.45, 7) is 2.68. The maximum Gasteiger partial charge on any atom is 0.573 e. The zero-order valence-corrected chi connectivity index (χ0v) is 19.4. The molecule has 210 valence electrons. The van der Waals surface area contributed by atoms with Crippen molar-refractivity contribution in [2.45, 2.75) is 44.3 Å². The van der Waals surface area contributed by atoms with Gasteiger partial charge < -0.3 is 24.0 Å². The summed E-state index contributed by atoms with van der Waals surface area (Å²) >= 11 is 0. The highest BCUT2D eigenvalue weighted by atomic mass is 19.4. The number of carbonyl (C=O) groups excluding carboxylic acids is 1. The largest absolute Gasteiger partial charge is 0.573 e. The zero-order valence-electron chi connectivity index (χ0n) is 19.4. The van der Waals surface area contributed by atoms with E-state index in [1.54, 1.807) is 11.0 Å². The number of ether oxygens (including phenoxy) is 3. The molecule has 3 rings (SSSR count). The summed E-state index contributed by atoms with van der Waals surface area (Å²) in [6.07, 6.45) is -22.7. The van der Waals surface area contributed by atoms with Crippen molar-refractivity contribution >= 4 is 11.8 Å². The van der Waals surface area contributed by atoms with Gasteiger partial charge in [0.1, 0.15) is 5.75 Å². The van der Waals surface area contributed by atoms with Crippen LogP contribution in [0.3, 0.4) is 0 Å². The highest BCUT2D eigenvalue weighted by Gasteiger charge is 2.60. The lowest BCUT2D eigenvalue weighted by atomic mass is 10.1. The van der Waals surface area contributed by atoms with E-state index >= 15 is 0 Å². The fourth-order valence-electron chi connectivity index (χ4n) is 4.09. The molecule has 1 aromatic carbocycles. The van der Waals surface area contributed by atoms with Crippen molar-refractivity contribution in [1.82, 2.24) is 9.80 Å². The molecule has 7 nitrogen and oxygen atoms in total. The molecule has 2 aliphatic heterocycles. The molecule has 2 saturated heterocycles. The van der Waals surface area contributed by atoms with Gasteiger partial charge in [-0.25, -0.2) is 4.79 Å². The van der Waals surface area contributed by atoms with Crippen molar-refractivity contribution in [2.24, 2.45) is 0 Å². The van der Waals surface area contributed by atoms with E-state index < -0.39 is 42.7 Å². The van der Waals surface area contributed by atoms with Crippen LogP contribution < -0.4 is 9.64 Å². The number of amides is 1. The molecular formula is C21H24F9N3O4. The molecule has 0 bridgehead atoms. The monoisotopic (exact) mass is 553 g/mol. The summed E-state index contributed by atoms with van der Waals surface area (Å²) in [5, 5.41) is 0. The minimum atomic E-state index is -5.85. The number of morpholine rings is 1. The Hall–Kier alpha value is -2.62. The molecule has 37 heavy (non-hydrogen) atoms. The molecule has 16 heteroatoms. The first-order chi connectivity index (χ1) is 17.0. The molecule has 0 saturated carbocycles. The predicted octanol–water partition coefficient (Wildman–Crippen LogP) is 4.56. The van der Waals surface area contributed by atoms with Gasteiger partial charge in [0.25, 0.3) is 6.10 Å². The molecule has 1 amide bonds. The van der Waals surface area contributed by atoms with Gasteiger partial charge in [-0.05, 0) is 13.0 Å². The number of nitrogens with zero attached hydrogens (tertiary/aromatic N) is 3. The van der Waals surface area contributed by atoms with Crippen LogP contribution in [0.4, 0.5) is 50.0 Å². The number of carbonyl (C=O) groups is 1. The Kier molecular flexibility index (Phi) is 8.61. The molecule has 2 heterocycles. The van der Waals surface area contributed by atoms with Crippen molar-refractivity contribution in [1.29, 1.82) is 0 Å². The SMILES string of the molecule is C[C@@H]1CN(Cc2ccc(N3CCOCC3)cc2OC(F)(F)F)CCN1C(=O)OC(C(F)(F)F)C(F)(F)F. The number of alkyl halides is 9. The van der Waals surface area contributed by atoms with Gasteiger partial charge in [0, 0.05) is 62.6 Å². The predicted molar refractivity (Wildman–Crippen MR) is 110 cm³/mol. The van der Waals surface area contributed by atoms with Gasteiger partial charge in [0.2, 0.25) is 0 Å². The van der Waals surface area contributed by atoms with E-state index in [1.165, 1.54) is 19.1 Å². The summed E-state index contributed by atoms with van der Waals surface area (Å²) in [7, 11) is 0. The molecule has 2 aliphatic rings. The van der Waals surface area contributed by atoms with Gasteiger partial charge in [-0.15, -0.1) is 13.2 Å². The summed E-state index contributed by atoms with van der Waals surface area (Å²) in [5.74, 6) is -0.441. The lowest BCUT2D eigenvalue weighted by molar-refractivity contribution is -0.308. The van der Waals surface area contributed by atoms with E-state index in [-0.39, 0.29) is 31.7 Å². The summed E-state index contributed by atoms with van der Waals surface area (Å²) in [6, 6.07) is 3.44. The third-order valence-corrected chi connectivity index (χ3v) is 5.81. The summed E-state index contributed by atoms with van der Waals surface area (Å²) in [5.41, 5.74) is 0.655. The van der Waals surface area contributed by atoms with Crippen molar-refractivity contribution in [2.75, 3.05) is 50.8 Å². The second kappa shape index (κ2) is 11.0. The smallest absolute Gasteiger partial charge is 0.426 e. The number of anilines is 1. The quantitative estimate of drug-likeness (QED) is 0.499. The first-order valence-electron chi connectivity index (χ1n) is 11.1. The van der Waals surface area contributed by atoms with Crippen molar-refractivity contribution in [3.05, 3.63) is 23.8 Å². The van der Waals surface area contributed by atoms with Crippen LogP contribution in [0.25, 0.3) is 0 Å². The molecule has 0 aromatic heterocycles. The number of hydrogen-bond acceptors (Lipinski definition) is 6. The van der Waals surface area contributed by atoms with Gasteiger partial charge in [-0.2, -0.15) is 26.3 Å². The van der Waals surface area contributed by atoms with Crippen LogP contribution in [0.2, 0.25) is 0 Å². The first-order valence-corrected chi connectivity index (χ1v) is 11.1. The molecule has 0 N–H and O–H groups in total. The zero-order chi connectivity index (χ0) is 27.6. The lowest BCUT2D eigenvalue weighted by Gasteiger charge is -2.40. The molecule has 0 aliphatic carbocycles. The topological polar surface area (TPSA) is 54.5 Å². The molecule has 2 fully saturated rings. The summed E-state index contributed by atoms with van der Waals surface area (Å²) in [4.78, 5) is 16.3. The van der Waals surface area contributed by atoms with E-state index in [0.717, 1.165) is 4.90 Å². The third kappa shape index (κ3) is 7.93. The highest BCUT2D eigenvalue weighted by molar-refractivity contribution is 5.68. The molecule has 1 aromatic rings. The van der Waals surface area contributed by atoms with E-state index in [0.29, 0.717) is 32.0 Å². The molecule has 0 unspecified atom stereocenters. The van der Waals surface area contributed by atoms with Gasteiger partial charge in [-0.1, -0.05) is 6.07 Å². The summed E-state index contributed by atoms with van der Waals surface area (Å²) < 4.78 is 129. The standard InChI is InChI=1S/C21H24F9N3O4/c1-13-11-31(4-5-33(13)18(34)36-17(19(22,23)24)20(25,26)27)12-14-2-3-15(32-6-8-35-9-7-32)10-16(14)37-21(28,29)30/h2-3,10,13,17H,4-9,11-12H2,1H3/t13-/m1/s1. The van der Waals surface area contributed by atoms with Crippen LogP contribution in [0.5, 0.6) is 5.75 Å². The molecule has 0 radical (unpaired) electrons. The van der Waals surface area contributed by atoms with Crippen molar-refractivity contribution in [3.8, 4) is 5.75 Å². The Morgan fingerprint density at radius 2 is 1.62 bits per heavy atom. The second-order valence-electron chi connectivity index (χ2n) is 8.56. The van der Waals surface area contributed by atoms with Crippen LogP contribution in [0.1, 0.15) is 12.5 Å². The Bertz CT molecular complexity index is 919. The normalized spacial score (nSPS) is 20.4. The van der Waals surface area contributed by atoms with Crippen LogP contribution in [0, 0.1) is 0 Å². The molecule has 0 spiro atoms. The van der Waals surface area contributed by atoms with Crippen LogP contribution in [0.15, 0.2) is 18.2 Å². The Morgan fingerprint density at radius 1 is 1.00 bits per heavy atom.